The Morgan fingerprint density at radius 3 is 2.64 bits per heavy atom. The number of rotatable bonds is 2. The van der Waals surface area contributed by atoms with Gasteiger partial charge < -0.3 is 9.47 Å². The summed E-state index contributed by atoms with van der Waals surface area (Å²) in [5.41, 5.74) is 0. The van der Waals surface area contributed by atoms with Crippen molar-refractivity contribution in [3.05, 3.63) is 30.3 Å². The van der Waals surface area contributed by atoms with Gasteiger partial charge in [-0.1, -0.05) is 24.1 Å². The zero-order chi connectivity index (χ0) is 10.4. The van der Waals surface area contributed by atoms with Crippen LogP contribution >= 0.6 is 0 Å². The molecule has 14 heavy (non-hydrogen) atoms. The smallest absolute Gasteiger partial charge is 0.418 e. The molecule has 1 aromatic rings. The quantitative estimate of drug-likeness (QED) is 0.407. The molecule has 3 nitrogen and oxygen atoms in total. The van der Waals surface area contributed by atoms with E-state index in [-0.39, 0.29) is 0 Å². The zero-order valence-electron chi connectivity index (χ0n) is 7.77. The van der Waals surface area contributed by atoms with Crippen molar-refractivity contribution >= 4 is 6.16 Å². The lowest BCUT2D eigenvalue weighted by atomic mass is 10.3. The highest BCUT2D eigenvalue weighted by Gasteiger charge is 2.08. The Kier molecular flexibility index (Phi) is 3.57. The summed E-state index contributed by atoms with van der Waals surface area (Å²) in [5.74, 6) is 2.69. The maximum atomic E-state index is 11.0. The summed E-state index contributed by atoms with van der Waals surface area (Å²) >= 11 is 0. The Morgan fingerprint density at radius 2 is 2.07 bits per heavy atom. The van der Waals surface area contributed by atoms with E-state index in [2.05, 4.69) is 5.92 Å². The molecule has 0 aliphatic rings. The molecule has 0 amide bonds. The van der Waals surface area contributed by atoms with Crippen molar-refractivity contribution in [2.75, 3.05) is 0 Å². The standard InChI is InChI=1S/C11H10O3/c1-3-9(2)13-11(12)14-10-7-5-4-6-8-10/h1,4-9H,2H3/t9-/m0/s1. The van der Waals surface area contributed by atoms with E-state index in [1.54, 1.807) is 31.2 Å². The van der Waals surface area contributed by atoms with Gasteiger partial charge in [0, 0.05) is 0 Å². The van der Waals surface area contributed by atoms with Crippen LogP contribution in [0.15, 0.2) is 30.3 Å². The first-order valence-corrected chi connectivity index (χ1v) is 4.12. The molecule has 0 spiro atoms. The molecule has 0 heterocycles. The predicted molar refractivity (Wildman–Crippen MR) is 51.8 cm³/mol. The van der Waals surface area contributed by atoms with Gasteiger partial charge in [0.25, 0.3) is 0 Å². The largest absolute Gasteiger partial charge is 0.515 e. The number of carbonyl (C=O) groups is 1. The van der Waals surface area contributed by atoms with Crippen LogP contribution in [-0.4, -0.2) is 12.3 Å². The van der Waals surface area contributed by atoms with Crippen molar-refractivity contribution in [2.24, 2.45) is 0 Å². The van der Waals surface area contributed by atoms with Crippen LogP contribution in [0.4, 0.5) is 4.79 Å². The minimum Gasteiger partial charge on any atom is -0.418 e. The third-order valence-corrected chi connectivity index (χ3v) is 1.45. The fourth-order valence-corrected chi connectivity index (χ4v) is 0.787. The van der Waals surface area contributed by atoms with Crippen LogP contribution in [0, 0.1) is 12.3 Å². The third-order valence-electron chi connectivity index (χ3n) is 1.45. The Labute approximate surface area is 82.6 Å². The number of ether oxygens (including phenoxy) is 2. The Morgan fingerprint density at radius 1 is 1.43 bits per heavy atom. The van der Waals surface area contributed by atoms with Crippen molar-refractivity contribution in [3.8, 4) is 18.1 Å². The van der Waals surface area contributed by atoms with Crippen molar-refractivity contribution in [1.82, 2.24) is 0 Å². The summed E-state index contributed by atoms with van der Waals surface area (Å²) in [7, 11) is 0. The summed E-state index contributed by atoms with van der Waals surface area (Å²) < 4.78 is 9.54. The molecule has 1 rings (SSSR count). The Balaban J connectivity index is 2.47. The van der Waals surface area contributed by atoms with Gasteiger partial charge in [-0.15, -0.1) is 6.42 Å². The maximum absolute atomic E-state index is 11.0. The molecule has 0 bridgehead atoms. The van der Waals surface area contributed by atoms with E-state index in [0.717, 1.165) is 0 Å². The van der Waals surface area contributed by atoms with Gasteiger partial charge in [-0.3, -0.25) is 0 Å². The van der Waals surface area contributed by atoms with E-state index >= 15 is 0 Å². The second-order valence-electron chi connectivity index (χ2n) is 2.59. The summed E-state index contributed by atoms with van der Waals surface area (Å²) in [6, 6.07) is 8.65. The van der Waals surface area contributed by atoms with Crippen molar-refractivity contribution in [3.63, 3.8) is 0 Å². The van der Waals surface area contributed by atoms with Gasteiger partial charge in [0.15, 0.2) is 6.10 Å². The summed E-state index contributed by atoms with van der Waals surface area (Å²) in [6.45, 7) is 1.59. The average Bonchev–Trinajstić information content (AvgIpc) is 2.19. The monoisotopic (exact) mass is 190 g/mol. The second-order valence-corrected chi connectivity index (χ2v) is 2.59. The fourth-order valence-electron chi connectivity index (χ4n) is 0.787. The Hall–Kier alpha value is -1.95. The molecule has 0 N–H and O–H groups in total. The molecule has 0 aliphatic carbocycles. The lowest BCUT2D eigenvalue weighted by molar-refractivity contribution is 0.0853. The number of hydrogen-bond donors (Lipinski definition) is 0. The summed E-state index contributed by atoms with van der Waals surface area (Å²) in [5, 5.41) is 0. The molecule has 0 fully saturated rings. The molecule has 1 atom stereocenters. The lowest BCUT2D eigenvalue weighted by Crippen LogP contribution is -2.16. The first-order chi connectivity index (χ1) is 6.72. The van der Waals surface area contributed by atoms with Crippen molar-refractivity contribution in [1.29, 1.82) is 0 Å². The third kappa shape index (κ3) is 3.20. The van der Waals surface area contributed by atoms with Crippen LogP contribution in [-0.2, 0) is 4.74 Å². The van der Waals surface area contributed by atoms with Gasteiger partial charge in [0.2, 0.25) is 0 Å². The van der Waals surface area contributed by atoms with Crippen molar-refractivity contribution in [2.45, 2.75) is 13.0 Å². The first-order valence-electron chi connectivity index (χ1n) is 4.12. The van der Waals surface area contributed by atoms with E-state index in [9.17, 15) is 4.79 Å². The van der Waals surface area contributed by atoms with Gasteiger partial charge in [0.1, 0.15) is 5.75 Å². The molecule has 0 saturated heterocycles. The summed E-state index contributed by atoms with van der Waals surface area (Å²) in [6.07, 6.45) is 3.66. The average molecular weight is 190 g/mol. The summed E-state index contributed by atoms with van der Waals surface area (Å²) in [4.78, 5) is 11.0. The van der Waals surface area contributed by atoms with Crippen LogP contribution in [0.25, 0.3) is 0 Å². The molecular weight excluding hydrogens is 180 g/mol. The number of terminal acetylenes is 1. The molecular formula is C11H10O3. The van der Waals surface area contributed by atoms with Gasteiger partial charge in [0.05, 0.1) is 0 Å². The van der Waals surface area contributed by atoms with E-state index in [1.165, 1.54) is 0 Å². The topological polar surface area (TPSA) is 35.5 Å². The van der Waals surface area contributed by atoms with E-state index in [4.69, 9.17) is 15.9 Å². The van der Waals surface area contributed by atoms with E-state index in [1.807, 2.05) is 6.07 Å². The second kappa shape index (κ2) is 4.93. The molecule has 0 radical (unpaired) electrons. The normalized spacial score (nSPS) is 11.1. The van der Waals surface area contributed by atoms with Crippen LogP contribution in [0.1, 0.15) is 6.92 Å². The minimum absolute atomic E-state index is 0.432. The van der Waals surface area contributed by atoms with Gasteiger partial charge >= 0.3 is 6.16 Å². The molecule has 0 saturated carbocycles. The number of carbonyl (C=O) groups excluding carboxylic acids is 1. The Bertz CT molecular complexity index is 337. The first kappa shape index (κ1) is 10.1. The number of hydrogen-bond acceptors (Lipinski definition) is 3. The highest BCUT2D eigenvalue weighted by Crippen LogP contribution is 2.09. The molecule has 0 aliphatic heterocycles. The van der Waals surface area contributed by atoms with Crippen molar-refractivity contribution < 1.29 is 14.3 Å². The van der Waals surface area contributed by atoms with Gasteiger partial charge in [-0.25, -0.2) is 4.79 Å². The number of benzene rings is 1. The van der Waals surface area contributed by atoms with Crippen LogP contribution in [0.3, 0.4) is 0 Å². The van der Waals surface area contributed by atoms with Crippen LogP contribution < -0.4 is 4.74 Å². The predicted octanol–water partition coefficient (Wildman–Crippen LogP) is 2.22. The number of para-hydroxylation sites is 1. The molecule has 0 aromatic heterocycles. The van der Waals surface area contributed by atoms with E-state index in [0.29, 0.717) is 5.75 Å². The highest BCUT2D eigenvalue weighted by atomic mass is 16.7. The molecule has 3 heteroatoms. The lowest BCUT2D eigenvalue weighted by Gasteiger charge is -2.06. The zero-order valence-corrected chi connectivity index (χ0v) is 7.77. The molecule has 72 valence electrons. The highest BCUT2D eigenvalue weighted by molar-refractivity contribution is 5.64. The van der Waals surface area contributed by atoms with Gasteiger partial charge in [-0.2, -0.15) is 0 Å². The van der Waals surface area contributed by atoms with Crippen LogP contribution in [0.5, 0.6) is 5.75 Å². The van der Waals surface area contributed by atoms with Gasteiger partial charge in [-0.05, 0) is 19.1 Å². The fraction of sp³-hybridized carbons (Fsp3) is 0.182. The maximum Gasteiger partial charge on any atom is 0.515 e. The SMILES string of the molecule is C#C[C@H](C)OC(=O)Oc1ccccc1. The molecule has 1 aromatic carbocycles. The van der Waals surface area contributed by atoms with E-state index < -0.39 is 12.3 Å². The van der Waals surface area contributed by atoms with Crippen LogP contribution in [0.2, 0.25) is 0 Å². The molecule has 0 unspecified atom stereocenters. The minimum atomic E-state index is -0.790.